The summed E-state index contributed by atoms with van der Waals surface area (Å²) < 4.78 is 14.9. The Hall–Kier alpha value is 0.817. The first-order chi connectivity index (χ1) is 9.38. The van der Waals surface area contributed by atoms with Crippen LogP contribution in [0.25, 0.3) is 0 Å². The highest BCUT2D eigenvalue weighted by atomic mass is 35.6. The van der Waals surface area contributed by atoms with Gasteiger partial charge in [0.25, 0.3) is 7.59 Å². The lowest BCUT2D eigenvalue weighted by atomic mass is 10.8. The lowest BCUT2D eigenvalue weighted by Crippen LogP contribution is -2.54. The maximum atomic E-state index is 11.6. The topological polar surface area (TPSA) is 71.1 Å². The van der Waals surface area contributed by atoms with E-state index in [0.29, 0.717) is 0 Å². The SMILES string of the molecule is CCO[Si](OCC)(OC(=O)C(Cl)(Cl)Cl)OC(=O)C(Cl)(Cl)Cl. The first-order valence-corrected chi connectivity index (χ1v) is 9.16. The number of rotatable bonds is 6. The van der Waals surface area contributed by atoms with E-state index >= 15 is 0 Å². The van der Waals surface area contributed by atoms with Crippen molar-refractivity contribution in [3.8, 4) is 0 Å². The Bertz CT molecular complexity index is 344. The molecule has 0 aliphatic carbocycles. The van der Waals surface area contributed by atoms with Crippen LogP contribution in [0.3, 0.4) is 0 Å². The van der Waals surface area contributed by atoms with E-state index in [1.165, 1.54) is 13.8 Å². The van der Waals surface area contributed by atoms with Crippen LogP contribution in [0, 0.1) is 0 Å². The van der Waals surface area contributed by atoms with Gasteiger partial charge in [-0.15, -0.1) is 0 Å². The van der Waals surface area contributed by atoms with Gasteiger partial charge in [-0.1, -0.05) is 69.6 Å². The highest BCUT2D eigenvalue weighted by molar-refractivity contribution is 6.78. The van der Waals surface area contributed by atoms with Gasteiger partial charge in [0.05, 0.1) is 0 Å². The summed E-state index contributed by atoms with van der Waals surface area (Å²) in [6, 6.07) is 0. The smallest absolute Gasteiger partial charge is 0.439 e. The molecule has 0 aliphatic rings. The fourth-order valence-electron chi connectivity index (χ4n) is 0.877. The molecule has 13 heteroatoms. The van der Waals surface area contributed by atoms with Crippen LogP contribution in [-0.2, 0) is 27.3 Å². The van der Waals surface area contributed by atoms with Crippen LogP contribution >= 0.6 is 69.6 Å². The summed E-state index contributed by atoms with van der Waals surface area (Å²) in [6.07, 6.45) is 0. The second-order valence-electron chi connectivity index (χ2n) is 3.14. The third kappa shape index (κ3) is 7.76. The minimum Gasteiger partial charge on any atom is -0.439 e. The van der Waals surface area contributed by atoms with E-state index in [-0.39, 0.29) is 13.2 Å². The van der Waals surface area contributed by atoms with E-state index in [1.54, 1.807) is 0 Å². The Kier molecular flexibility index (Phi) is 8.94. The predicted octanol–water partition coefficient (Wildman–Crippen LogP) is 3.32. The van der Waals surface area contributed by atoms with Crippen LogP contribution < -0.4 is 0 Å². The fourth-order valence-corrected chi connectivity index (χ4v) is 3.32. The normalized spacial score (nSPS) is 13.0. The van der Waals surface area contributed by atoms with E-state index < -0.39 is 28.6 Å². The third-order valence-corrected chi connectivity index (χ3v) is 4.62. The summed E-state index contributed by atoms with van der Waals surface area (Å²) in [7, 11) is -4.35. The summed E-state index contributed by atoms with van der Waals surface area (Å²) in [6.45, 7) is 2.94. The zero-order chi connectivity index (χ0) is 16.9. The average molecular weight is 443 g/mol. The minimum absolute atomic E-state index is 0.0491. The van der Waals surface area contributed by atoms with Gasteiger partial charge in [-0.3, -0.25) is 0 Å². The zero-order valence-electron chi connectivity index (χ0n) is 10.6. The Morgan fingerprint density at radius 2 is 1.10 bits per heavy atom. The molecule has 0 N–H and O–H groups in total. The van der Waals surface area contributed by atoms with Crippen molar-refractivity contribution < 1.29 is 27.3 Å². The second-order valence-corrected chi connectivity index (χ2v) is 9.69. The molecule has 0 saturated carbocycles. The molecule has 0 aromatic heterocycles. The number of carbonyl (C=O) groups is 2. The Morgan fingerprint density at radius 1 is 0.810 bits per heavy atom. The first-order valence-electron chi connectivity index (χ1n) is 5.26. The van der Waals surface area contributed by atoms with Crippen molar-refractivity contribution in [2.75, 3.05) is 13.2 Å². The van der Waals surface area contributed by atoms with Crippen molar-refractivity contribution >= 4 is 90.6 Å². The largest absolute Gasteiger partial charge is 0.824 e. The highest BCUT2D eigenvalue weighted by Gasteiger charge is 2.58. The Labute approximate surface area is 152 Å². The zero-order valence-corrected chi connectivity index (χ0v) is 16.2. The van der Waals surface area contributed by atoms with Crippen molar-refractivity contribution in [1.29, 1.82) is 0 Å². The van der Waals surface area contributed by atoms with Gasteiger partial charge in [-0.05, 0) is 13.8 Å². The van der Waals surface area contributed by atoms with Crippen molar-refractivity contribution in [2.45, 2.75) is 21.4 Å². The van der Waals surface area contributed by atoms with Crippen molar-refractivity contribution in [3.63, 3.8) is 0 Å². The molecule has 0 rings (SSSR count). The molecule has 21 heavy (non-hydrogen) atoms. The summed E-state index contributed by atoms with van der Waals surface area (Å²) in [5.74, 6) is -2.73. The number of hydrogen-bond acceptors (Lipinski definition) is 6. The molecule has 0 amide bonds. The van der Waals surface area contributed by atoms with Crippen LogP contribution in [0.5, 0.6) is 0 Å². The van der Waals surface area contributed by atoms with Crippen LogP contribution in [0.1, 0.15) is 13.8 Å². The van der Waals surface area contributed by atoms with Gasteiger partial charge in [-0.25, -0.2) is 9.59 Å². The second kappa shape index (κ2) is 8.61. The molecule has 0 aliphatic heterocycles. The number of halogens is 6. The van der Waals surface area contributed by atoms with Gasteiger partial charge in [0, 0.05) is 13.2 Å². The van der Waals surface area contributed by atoms with Crippen molar-refractivity contribution in [3.05, 3.63) is 0 Å². The first kappa shape index (κ1) is 21.8. The minimum atomic E-state index is -4.35. The van der Waals surface area contributed by atoms with Crippen LogP contribution in [0.2, 0.25) is 0 Å². The monoisotopic (exact) mass is 440 g/mol. The molecular weight excluding hydrogens is 433 g/mol. The van der Waals surface area contributed by atoms with Crippen LogP contribution in [0.15, 0.2) is 0 Å². The van der Waals surface area contributed by atoms with Crippen molar-refractivity contribution in [1.82, 2.24) is 0 Å². The van der Waals surface area contributed by atoms with Gasteiger partial charge in [0.2, 0.25) is 0 Å². The third-order valence-electron chi connectivity index (χ3n) is 1.54. The quantitative estimate of drug-likeness (QED) is 0.464. The molecular formula is C8H10Cl6O6Si. The maximum absolute atomic E-state index is 11.6. The van der Waals surface area contributed by atoms with Gasteiger partial charge in [0.1, 0.15) is 0 Å². The number of carbonyl (C=O) groups excluding carboxylic acids is 2. The molecule has 0 unspecified atom stereocenters. The summed E-state index contributed by atoms with van der Waals surface area (Å²) >= 11 is 32.2. The molecule has 0 aromatic carbocycles. The van der Waals surface area contributed by atoms with Gasteiger partial charge >= 0.3 is 21.0 Å². The van der Waals surface area contributed by atoms with E-state index in [9.17, 15) is 9.59 Å². The molecule has 0 spiro atoms. The van der Waals surface area contributed by atoms with E-state index in [0.717, 1.165) is 0 Å². The van der Waals surface area contributed by atoms with Crippen LogP contribution in [-0.4, -0.2) is 41.8 Å². The molecule has 0 radical (unpaired) electrons. The Morgan fingerprint density at radius 3 is 1.29 bits per heavy atom. The van der Waals surface area contributed by atoms with Gasteiger partial charge < -0.3 is 17.7 Å². The summed E-state index contributed by atoms with van der Waals surface area (Å²) in [5.41, 5.74) is 0. The molecule has 6 nitrogen and oxygen atoms in total. The van der Waals surface area contributed by atoms with Crippen LogP contribution in [0.4, 0.5) is 0 Å². The average Bonchev–Trinajstić information content (AvgIpc) is 2.26. The maximum Gasteiger partial charge on any atom is 0.824 e. The summed E-state index contributed by atoms with van der Waals surface area (Å²) in [5, 5.41) is 0. The van der Waals surface area contributed by atoms with Gasteiger partial charge in [0.15, 0.2) is 0 Å². The lowest BCUT2D eigenvalue weighted by molar-refractivity contribution is -0.151. The van der Waals surface area contributed by atoms with Gasteiger partial charge in [-0.2, -0.15) is 0 Å². The number of hydrogen-bond donors (Lipinski definition) is 0. The molecule has 124 valence electrons. The molecule has 0 aromatic rings. The highest BCUT2D eigenvalue weighted by Crippen LogP contribution is 2.32. The molecule has 0 bridgehead atoms. The summed E-state index contributed by atoms with van der Waals surface area (Å²) in [4.78, 5) is 23.3. The fraction of sp³-hybridized carbons (Fsp3) is 0.750. The molecule has 0 heterocycles. The Balaban J connectivity index is 5.34. The molecule has 0 atom stereocenters. The molecule has 0 fully saturated rings. The van der Waals surface area contributed by atoms with Crippen molar-refractivity contribution in [2.24, 2.45) is 0 Å². The predicted molar refractivity (Wildman–Crippen MR) is 81.8 cm³/mol. The number of alkyl halides is 6. The lowest BCUT2D eigenvalue weighted by Gasteiger charge is -2.27. The molecule has 0 saturated heterocycles. The standard InChI is InChI=1S/C8H10Cl6O6Si/c1-3-17-21(18-4-2,19-5(15)7(9,10)11)20-6(16)8(12,13)14/h3-4H2,1-2H3. The van der Waals surface area contributed by atoms with E-state index in [4.69, 9.17) is 87.3 Å². The van der Waals surface area contributed by atoms with E-state index in [1.807, 2.05) is 0 Å². The van der Waals surface area contributed by atoms with E-state index in [2.05, 4.69) is 0 Å².